The van der Waals surface area contributed by atoms with Crippen molar-refractivity contribution in [2.24, 2.45) is 5.92 Å². The molecular weight excluding hydrogens is 248 g/mol. The quantitative estimate of drug-likeness (QED) is 0.762. The fourth-order valence-corrected chi connectivity index (χ4v) is 4.43. The molecule has 20 heavy (non-hydrogen) atoms. The van der Waals surface area contributed by atoms with Crippen LogP contribution in [-0.4, -0.2) is 24.0 Å². The molecule has 3 rings (SSSR count). The van der Waals surface area contributed by atoms with Crippen LogP contribution in [0.5, 0.6) is 0 Å². The third-order valence-corrected chi connectivity index (χ3v) is 5.67. The summed E-state index contributed by atoms with van der Waals surface area (Å²) in [5.74, 6) is 1.12. The average Bonchev–Trinajstić information content (AvgIpc) is 2.75. The predicted octanol–water partition coefficient (Wildman–Crippen LogP) is 3.14. The van der Waals surface area contributed by atoms with Gasteiger partial charge in [-0.1, -0.05) is 38.5 Å². The molecule has 1 aliphatic heterocycles. The minimum absolute atomic E-state index is 0.0811. The van der Waals surface area contributed by atoms with Gasteiger partial charge in [0.2, 0.25) is 5.91 Å². The molecule has 1 saturated heterocycles. The molecule has 1 heterocycles. The number of hydrogen-bond donors (Lipinski definition) is 2. The van der Waals surface area contributed by atoms with Gasteiger partial charge in [0, 0.05) is 12.1 Å². The second-order valence-corrected chi connectivity index (χ2v) is 7.14. The van der Waals surface area contributed by atoms with Crippen LogP contribution >= 0.6 is 0 Å². The molecule has 3 fully saturated rings. The lowest BCUT2D eigenvalue weighted by molar-refractivity contribution is -0.125. The highest BCUT2D eigenvalue weighted by molar-refractivity contribution is 5.82. The number of piperidine rings is 1. The van der Waals surface area contributed by atoms with Crippen LogP contribution in [0.3, 0.4) is 0 Å². The maximum Gasteiger partial charge on any atom is 0.237 e. The van der Waals surface area contributed by atoms with E-state index in [1.165, 1.54) is 70.6 Å². The van der Waals surface area contributed by atoms with Crippen LogP contribution in [0.25, 0.3) is 0 Å². The first-order valence-electron chi connectivity index (χ1n) is 8.89. The molecule has 2 N–H and O–H groups in total. The largest absolute Gasteiger partial charge is 0.352 e. The number of carbonyl (C=O) groups excluding carboxylic acids is 1. The van der Waals surface area contributed by atoms with E-state index in [9.17, 15) is 4.79 Å². The number of hydrogen-bond acceptors (Lipinski definition) is 2. The molecule has 2 saturated carbocycles. The highest BCUT2D eigenvalue weighted by Gasteiger charge is 2.34. The number of rotatable bonds is 2. The monoisotopic (exact) mass is 278 g/mol. The van der Waals surface area contributed by atoms with Crippen molar-refractivity contribution in [3.63, 3.8) is 0 Å². The molecule has 0 spiro atoms. The lowest BCUT2D eigenvalue weighted by Gasteiger charge is -2.40. The van der Waals surface area contributed by atoms with Gasteiger partial charge >= 0.3 is 0 Å². The molecular formula is C17H30N2O. The van der Waals surface area contributed by atoms with E-state index in [2.05, 4.69) is 10.6 Å². The van der Waals surface area contributed by atoms with Gasteiger partial charge in [0.25, 0.3) is 0 Å². The Hall–Kier alpha value is -0.570. The van der Waals surface area contributed by atoms with Crippen molar-refractivity contribution < 1.29 is 4.79 Å². The van der Waals surface area contributed by atoms with Gasteiger partial charge in [0.15, 0.2) is 0 Å². The van der Waals surface area contributed by atoms with E-state index in [1.807, 2.05) is 0 Å². The summed E-state index contributed by atoms with van der Waals surface area (Å²) in [7, 11) is 0. The molecule has 0 aromatic carbocycles. The second-order valence-electron chi connectivity index (χ2n) is 7.14. The lowest BCUT2D eigenvalue weighted by Crippen LogP contribution is -2.56. The predicted molar refractivity (Wildman–Crippen MR) is 81.5 cm³/mol. The van der Waals surface area contributed by atoms with Crippen molar-refractivity contribution in [3.8, 4) is 0 Å². The Morgan fingerprint density at radius 1 is 0.800 bits per heavy atom. The molecule has 0 radical (unpaired) electrons. The maximum atomic E-state index is 12.5. The van der Waals surface area contributed by atoms with Crippen molar-refractivity contribution >= 4 is 5.91 Å². The summed E-state index contributed by atoms with van der Waals surface area (Å²) in [6.07, 6.45) is 15.3. The zero-order valence-electron chi connectivity index (χ0n) is 12.7. The van der Waals surface area contributed by atoms with E-state index in [-0.39, 0.29) is 11.9 Å². The van der Waals surface area contributed by atoms with Crippen LogP contribution < -0.4 is 10.6 Å². The van der Waals surface area contributed by atoms with E-state index in [1.54, 1.807) is 0 Å². The highest BCUT2D eigenvalue weighted by Crippen LogP contribution is 2.32. The second kappa shape index (κ2) is 6.93. The van der Waals surface area contributed by atoms with E-state index >= 15 is 0 Å². The molecule has 2 aliphatic carbocycles. The summed E-state index contributed by atoms with van der Waals surface area (Å²) >= 11 is 0. The SMILES string of the molecule is O=C(NC1CCCCCC1)C1CCC2CCCCC2N1. The van der Waals surface area contributed by atoms with E-state index in [0.29, 0.717) is 12.1 Å². The minimum Gasteiger partial charge on any atom is -0.352 e. The van der Waals surface area contributed by atoms with E-state index in [0.717, 1.165) is 12.3 Å². The highest BCUT2D eigenvalue weighted by atomic mass is 16.2. The molecule has 114 valence electrons. The summed E-state index contributed by atoms with van der Waals surface area (Å²) in [5.41, 5.74) is 0. The van der Waals surface area contributed by atoms with Crippen molar-refractivity contribution in [3.05, 3.63) is 0 Å². The number of carbonyl (C=O) groups is 1. The Morgan fingerprint density at radius 3 is 2.30 bits per heavy atom. The summed E-state index contributed by atoms with van der Waals surface area (Å²) in [6.45, 7) is 0. The number of nitrogens with one attached hydrogen (secondary N) is 2. The van der Waals surface area contributed by atoms with E-state index < -0.39 is 0 Å². The van der Waals surface area contributed by atoms with Crippen molar-refractivity contribution in [1.82, 2.24) is 10.6 Å². The summed E-state index contributed by atoms with van der Waals surface area (Å²) in [5, 5.41) is 6.97. The molecule has 3 heteroatoms. The molecule has 3 nitrogen and oxygen atoms in total. The third kappa shape index (κ3) is 3.55. The van der Waals surface area contributed by atoms with E-state index in [4.69, 9.17) is 0 Å². The van der Waals surface area contributed by atoms with Crippen molar-refractivity contribution in [2.45, 2.75) is 95.2 Å². The Labute approximate surface area is 123 Å². The Bertz CT molecular complexity index is 323. The maximum absolute atomic E-state index is 12.5. The summed E-state index contributed by atoms with van der Waals surface area (Å²) < 4.78 is 0. The fourth-order valence-electron chi connectivity index (χ4n) is 4.43. The minimum atomic E-state index is 0.0811. The van der Waals surface area contributed by atoms with Crippen LogP contribution in [-0.2, 0) is 4.79 Å². The first-order valence-corrected chi connectivity index (χ1v) is 8.89. The lowest BCUT2D eigenvalue weighted by atomic mass is 9.77. The van der Waals surface area contributed by atoms with Gasteiger partial charge in [-0.2, -0.15) is 0 Å². The summed E-state index contributed by atoms with van der Waals surface area (Å²) in [4.78, 5) is 12.5. The van der Waals surface area contributed by atoms with Crippen LogP contribution in [0.1, 0.15) is 77.0 Å². The molecule has 0 aromatic heterocycles. The smallest absolute Gasteiger partial charge is 0.237 e. The van der Waals surface area contributed by atoms with Crippen LogP contribution in [0, 0.1) is 5.92 Å². The first kappa shape index (κ1) is 14.4. The molecule has 1 amide bonds. The zero-order chi connectivity index (χ0) is 13.8. The van der Waals surface area contributed by atoms with Crippen molar-refractivity contribution in [2.75, 3.05) is 0 Å². The van der Waals surface area contributed by atoms with Gasteiger partial charge in [-0.25, -0.2) is 0 Å². The topological polar surface area (TPSA) is 41.1 Å². The van der Waals surface area contributed by atoms with Gasteiger partial charge in [-0.3, -0.25) is 4.79 Å². The molecule has 0 aromatic rings. The average molecular weight is 278 g/mol. The van der Waals surface area contributed by atoms with Crippen molar-refractivity contribution in [1.29, 1.82) is 0 Å². The standard InChI is InChI=1S/C17H30N2O/c20-17(18-14-8-3-1-2-4-9-14)16-12-11-13-7-5-6-10-15(13)19-16/h13-16,19H,1-12H2,(H,18,20). The molecule has 3 aliphatic rings. The fraction of sp³-hybridized carbons (Fsp3) is 0.941. The Balaban J connectivity index is 1.49. The Morgan fingerprint density at radius 2 is 1.50 bits per heavy atom. The van der Waals surface area contributed by atoms with Crippen LogP contribution in [0.4, 0.5) is 0 Å². The van der Waals surface area contributed by atoms with Crippen LogP contribution in [0.2, 0.25) is 0 Å². The van der Waals surface area contributed by atoms with Gasteiger partial charge < -0.3 is 10.6 Å². The first-order chi connectivity index (χ1) is 9.83. The van der Waals surface area contributed by atoms with Gasteiger partial charge in [0.05, 0.1) is 6.04 Å². The number of fused-ring (bicyclic) bond motifs is 1. The van der Waals surface area contributed by atoms with Crippen LogP contribution in [0.15, 0.2) is 0 Å². The number of amides is 1. The third-order valence-electron chi connectivity index (χ3n) is 5.67. The molecule has 3 unspecified atom stereocenters. The Kier molecular flexibility index (Phi) is 4.98. The molecule has 3 atom stereocenters. The molecule has 0 bridgehead atoms. The normalized spacial score (nSPS) is 35.9. The van der Waals surface area contributed by atoms with Gasteiger partial charge in [-0.05, 0) is 44.4 Å². The van der Waals surface area contributed by atoms with Gasteiger partial charge in [0.1, 0.15) is 0 Å². The van der Waals surface area contributed by atoms with Gasteiger partial charge in [-0.15, -0.1) is 0 Å². The summed E-state index contributed by atoms with van der Waals surface area (Å²) in [6, 6.07) is 1.14. The zero-order valence-corrected chi connectivity index (χ0v) is 12.7.